The molecule has 1 N–H and O–H groups in total. The molecule has 1 aliphatic heterocycles. The van der Waals surface area contributed by atoms with Gasteiger partial charge in [0, 0.05) is 17.1 Å². The molecule has 0 radical (unpaired) electrons. The van der Waals surface area contributed by atoms with E-state index in [1.807, 2.05) is 42.5 Å². The zero-order chi connectivity index (χ0) is 24.0. The lowest BCUT2D eigenvalue weighted by atomic mass is 9.95. The highest BCUT2D eigenvalue weighted by molar-refractivity contribution is 6.30. The summed E-state index contributed by atoms with van der Waals surface area (Å²) in [7, 11) is 0. The normalized spacial score (nSPS) is 15.8. The predicted molar refractivity (Wildman–Crippen MR) is 135 cm³/mol. The Kier molecular flexibility index (Phi) is 7.52. The average molecular weight is 491 g/mol. The molecule has 1 unspecified atom stereocenters. The number of halogens is 2. The summed E-state index contributed by atoms with van der Waals surface area (Å²) in [5, 5.41) is 13.0. The van der Waals surface area contributed by atoms with Gasteiger partial charge in [0.15, 0.2) is 0 Å². The highest BCUT2D eigenvalue weighted by Crippen LogP contribution is 2.27. The summed E-state index contributed by atoms with van der Waals surface area (Å²) in [4.78, 5) is 2.49. The topological polar surface area (TPSA) is 54.2 Å². The minimum atomic E-state index is -0.298. The molecule has 3 aromatic carbocycles. The van der Waals surface area contributed by atoms with E-state index in [1.54, 1.807) is 12.1 Å². The highest BCUT2D eigenvalue weighted by Gasteiger charge is 2.25. The first-order valence-corrected chi connectivity index (χ1v) is 12.4. The average Bonchev–Trinajstić information content (AvgIpc) is 3.38. The van der Waals surface area contributed by atoms with Crippen LogP contribution in [0, 0.1) is 11.7 Å². The summed E-state index contributed by atoms with van der Waals surface area (Å²) in [6.45, 7) is 3.86. The maximum Gasteiger partial charge on any atom is 0.247 e. The molecule has 0 spiro atoms. The first-order chi connectivity index (χ1) is 17.1. The largest absolute Gasteiger partial charge is 0.419 e. The zero-order valence-corrected chi connectivity index (χ0v) is 20.2. The minimum absolute atomic E-state index is 0.268. The third-order valence-corrected chi connectivity index (χ3v) is 6.80. The van der Waals surface area contributed by atoms with Crippen molar-refractivity contribution in [3.05, 3.63) is 107 Å². The molecule has 180 valence electrons. The molecular formula is C28H28ClFN4O. The standard InChI is InChI=1S/C28H28ClFN4O/c29-24-10-6-21(7-11-24)19-34-16-14-20(15-17-34)18-31-26(22-8-12-25(30)13-9-22)28-33-32-27(35-28)23-4-2-1-3-5-23/h1-13,20,26,31H,14-19H2. The number of likely N-dealkylation sites (tertiary alicyclic amines) is 1. The number of benzene rings is 3. The van der Waals surface area contributed by atoms with E-state index < -0.39 is 0 Å². The molecule has 1 fully saturated rings. The second-order valence-electron chi connectivity index (χ2n) is 9.05. The number of nitrogens with one attached hydrogen (secondary N) is 1. The maximum atomic E-state index is 13.6. The van der Waals surface area contributed by atoms with E-state index in [9.17, 15) is 4.39 Å². The van der Waals surface area contributed by atoms with Crippen LogP contribution in [-0.2, 0) is 6.54 Å². The Morgan fingerprint density at radius 2 is 1.66 bits per heavy atom. The molecule has 7 heteroatoms. The van der Waals surface area contributed by atoms with Crippen LogP contribution in [0.2, 0.25) is 5.02 Å². The van der Waals surface area contributed by atoms with Gasteiger partial charge in [-0.05, 0) is 85.9 Å². The van der Waals surface area contributed by atoms with Gasteiger partial charge < -0.3 is 9.73 Å². The molecule has 0 saturated carbocycles. The van der Waals surface area contributed by atoms with Crippen molar-refractivity contribution in [1.29, 1.82) is 0 Å². The van der Waals surface area contributed by atoms with Crippen LogP contribution in [0.15, 0.2) is 83.3 Å². The molecule has 2 heterocycles. The van der Waals surface area contributed by atoms with Gasteiger partial charge in [0.2, 0.25) is 11.8 Å². The van der Waals surface area contributed by atoms with Gasteiger partial charge >= 0.3 is 0 Å². The Morgan fingerprint density at radius 3 is 2.37 bits per heavy atom. The third-order valence-electron chi connectivity index (χ3n) is 6.55. The van der Waals surface area contributed by atoms with E-state index in [4.69, 9.17) is 16.0 Å². The molecule has 35 heavy (non-hydrogen) atoms. The van der Waals surface area contributed by atoms with Crippen LogP contribution in [0.1, 0.15) is 35.9 Å². The number of piperidine rings is 1. The number of hydrogen-bond acceptors (Lipinski definition) is 5. The molecule has 1 atom stereocenters. The lowest BCUT2D eigenvalue weighted by Crippen LogP contribution is -2.38. The van der Waals surface area contributed by atoms with E-state index in [1.165, 1.54) is 17.7 Å². The first-order valence-electron chi connectivity index (χ1n) is 12.0. The number of rotatable bonds is 8. The summed E-state index contributed by atoms with van der Waals surface area (Å²) in [5.74, 6) is 1.23. The van der Waals surface area contributed by atoms with Crippen LogP contribution in [0.4, 0.5) is 4.39 Å². The van der Waals surface area contributed by atoms with Crippen molar-refractivity contribution < 1.29 is 8.81 Å². The summed E-state index contributed by atoms with van der Waals surface area (Å²) in [5.41, 5.74) is 3.06. The minimum Gasteiger partial charge on any atom is -0.419 e. The highest BCUT2D eigenvalue weighted by atomic mass is 35.5. The number of nitrogens with zero attached hydrogens (tertiary/aromatic N) is 3. The van der Waals surface area contributed by atoms with Gasteiger partial charge in [-0.15, -0.1) is 10.2 Å². The second kappa shape index (κ2) is 11.1. The fraction of sp³-hybridized carbons (Fsp3) is 0.286. The van der Waals surface area contributed by atoms with E-state index in [-0.39, 0.29) is 11.9 Å². The van der Waals surface area contributed by atoms with Crippen LogP contribution in [0.25, 0.3) is 11.5 Å². The van der Waals surface area contributed by atoms with Gasteiger partial charge in [-0.3, -0.25) is 4.90 Å². The Morgan fingerprint density at radius 1 is 0.943 bits per heavy atom. The van der Waals surface area contributed by atoms with Crippen molar-refractivity contribution >= 4 is 11.6 Å². The quantitative estimate of drug-likeness (QED) is 0.322. The Hall–Kier alpha value is -3.06. The predicted octanol–water partition coefficient (Wildman–Crippen LogP) is 6.12. The van der Waals surface area contributed by atoms with Gasteiger partial charge in [-0.25, -0.2) is 4.39 Å². The van der Waals surface area contributed by atoms with Crippen molar-refractivity contribution in [1.82, 2.24) is 20.4 Å². The second-order valence-corrected chi connectivity index (χ2v) is 9.49. The Labute approximate surface area is 209 Å². The molecule has 0 amide bonds. The maximum absolute atomic E-state index is 13.6. The van der Waals surface area contributed by atoms with Crippen molar-refractivity contribution in [2.75, 3.05) is 19.6 Å². The first kappa shape index (κ1) is 23.7. The summed E-state index contributed by atoms with van der Waals surface area (Å²) in [6, 6.07) is 24.0. The lowest BCUT2D eigenvalue weighted by molar-refractivity contribution is 0.173. The van der Waals surface area contributed by atoms with E-state index in [0.717, 1.165) is 55.2 Å². The van der Waals surface area contributed by atoms with E-state index in [0.29, 0.717) is 17.7 Å². The molecular weight excluding hydrogens is 463 g/mol. The monoisotopic (exact) mass is 490 g/mol. The van der Waals surface area contributed by atoms with Crippen LogP contribution < -0.4 is 5.32 Å². The van der Waals surface area contributed by atoms with E-state index in [2.05, 4.69) is 32.5 Å². The molecule has 1 aliphatic rings. The molecule has 0 bridgehead atoms. The van der Waals surface area contributed by atoms with Crippen LogP contribution in [-0.4, -0.2) is 34.7 Å². The van der Waals surface area contributed by atoms with Gasteiger partial charge in [0.1, 0.15) is 11.9 Å². The fourth-order valence-electron chi connectivity index (χ4n) is 4.53. The van der Waals surface area contributed by atoms with Crippen molar-refractivity contribution in [2.45, 2.75) is 25.4 Å². The summed E-state index contributed by atoms with van der Waals surface area (Å²) >= 11 is 6.01. The van der Waals surface area contributed by atoms with Crippen LogP contribution in [0.3, 0.4) is 0 Å². The van der Waals surface area contributed by atoms with Crippen LogP contribution >= 0.6 is 11.6 Å². The molecule has 1 aromatic heterocycles. The zero-order valence-electron chi connectivity index (χ0n) is 19.4. The van der Waals surface area contributed by atoms with Gasteiger partial charge in [-0.2, -0.15) is 0 Å². The van der Waals surface area contributed by atoms with Gasteiger partial charge in [0.25, 0.3) is 0 Å². The van der Waals surface area contributed by atoms with Crippen molar-refractivity contribution in [3.63, 3.8) is 0 Å². The van der Waals surface area contributed by atoms with Gasteiger partial charge in [-0.1, -0.05) is 54.1 Å². The lowest BCUT2D eigenvalue weighted by Gasteiger charge is -2.32. The molecule has 5 nitrogen and oxygen atoms in total. The van der Waals surface area contributed by atoms with Crippen molar-refractivity contribution in [3.8, 4) is 11.5 Å². The summed E-state index contributed by atoms with van der Waals surface area (Å²) in [6.07, 6.45) is 2.21. The SMILES string of the molecule is Fc1ccc(C(NCC2CCN(Cc3ccc(Cl)cc3)CC2)c2nnc(-c3ccccc3)o2)cc1. The van der Waals surface area contributed by atoms with Crippen LogP contribution in [0.5, 0.6) is 0 Å². The third kappa shape index (κ3) is 6.14. The van der Waals surface area contributed by atoms with Gasteiger partial charge in [0.05, 0.1) is 0 Å². The molecule has 4 aromatic rings. The molecule has 5 rings (SSSR count). The van der Waals surface area contributed by atoms with E-state index >= 15 is 0 Å². The van der Waals surface area contributed by atoms with Crippen molar-refractivity contribution in [2.24, 2.45) is 5.92 Å². The molecule has 0 aliphatic carbocycles. The Balaban J connectivity index is 1.23. The fourth-order valence-corrected chi connectivity index (χ4v) is 4.66. The summed E-state index contributed by atoms with van der Waals surface area (Å²) < 4.78 is 19.6. The smallest absolute Gasteiger partial charge is 0.247 e. The number of hydrogen-bond donors (Lipinski definition) is 1. The Bertz CT molecular complexity index is 1210. The molecule has 1 saturated heterocycles. The number of aromatic nitrogens is 2.